The van der Waals surface area contributed by atoms with Crippen LogP contribution >= 0.6 is 0 Å². The summed E-state index contributed by atoms with van der Waals surface area (Å²) in [5.74, 6) is 0.904. The molecule has 1 aromatic heterocycles. The highest BCUT2D eigenvalue weighted by Gasteiger charge is 2.15. The van der Waals surface area contributed by atoms with Crippen molar-refractivity contribution in [1.29, 1.82) is 0 Å². The number of nitrogens with zero attached hydrogens (tertiary/aromatic N) is 1. The Bertz CT molecular complexity index is 559. The molecular weight excluding hydrogens is 244 g/mol. The average Bonchev–Trinajstić information content (AvgIpc) is 2.70. The van der Waals surface area contributed by atoms with Gasteiger partial charge in [0.2, 0.25) is 0 Å². The molecular formula is C18H24N2. The van der Waals surface area contributed by atoms with Gasteiger partial charge >= 0.3 is 0 Å². The zero-order valence-electron chi connectivity index (χ0n) is 12.3. The molecule has 0 saturated heterocycles. The lowest BCUT2D eigenvalue weighted by molar-refractivity contribution is 0.448. The van der Waals surface area contributed by atoms with E-state index in [-0.39, 0.29) is 0 Å². The third-order valence-electron chi connectivity index (χ3n) is 4.59. The highest BCUT2D eigenvalue weighted by Crippen LogP contribution is 2.23. The molecule has 106 valence electrons. The number of hydrogen-bond acceptors (Lipinski definition) is 2. The van der Waals surface area contributed by atoms with E-state index in [0.29, 0.717) is 6.04 Å². The summed E-state index contributed by atoms with van der Waals surface area (Å²) in [5, 5.41) is 6.32. The van der Waals surface area contributed by atoms with Gasteiger partial charge in [-0.15, -0.1) is 0 Å². The summed E-state index contributed by atoms with van der Waals surface area (Å²) in [6, 6.07) is 9.20. The molecule has 1 aliphatic carbocycles. The Labute approximate surface area is 121 Å². The van der Waals surface area contributed by atoms with E-state index in [2.05, 4.69) is 41.5 Å². The van der Waals surface area contributed by atoms with Gasteiger partial charge in [0, 0.05) is 30.4 Å². The molecule has 1 aromatic carbocycles. The first-order valence-corrected chi connectivity index (χ1v) is 7.88. The van der Waals surface area contributed by atoms with Crippen LogP contribution in [0.1, 0.15) is 44.6 Å². The second-order valence-electron chi connectivity index (χ2n) is 6.21. The van der Waals surface area contributed by atoms with Crippen molar-refractivity contribution in [2.75, 3.05) is 0 Å². The molecule has 1 N–H and O–H groups in total. The SMILES string of the molecule is CC1CCCC(NCc2cncc3ccccc23)CC1. The largest absolute Gasteiger partial charge is 0.310 e. The Morgan fingerprint density at radius 2 is 2.00 bits per heavy atom. The fourth-order valence-electron chi connectivity index (χ4n) is 3.27. The molecule has 2 unspecified atom stereocenters. The lowest BCUT2D eigenvalue weighted by atomic mass is 10.0. The zero-order chi connectivity index (χ0) is 13.8. The standard InChI is InChI=1S/C18H24N2/c1-14-5-4-7-17(10-9-14)20-13-16-12-19-11-15-6-2-3-8-18(15)16/h2-3,6,8,11-12,14,17,20H,4-5,7,9-10,13H2,1H3. The van der Waals surface area contributed by atoms with Gasteiger partial charge in [-0.2, -0.15) is 0 Å². The molecule has 0 spiro atoms. The minimum atomic E-state index is 0.680. The number of hydrogen-bond donors (Lipinski definition) is 1. The highest BCUT2D eigenvalue weighted by molar-refractivity contribution is 5.84. The molecule has 1 fully saturated rings. The van der Waals surface area contributed by atoms with Gasteiger partial charge in [0.15, 0.2) is 0 Å². The number of nitrogens with one attached hydrogen (secondary N) is 1. The van der Waals surface area contributed by atoms with Gasteiger partial charge in [0.25, 0.3) is 0 Å². The summed E-state index contributed by atoms with van der Waals surface area (Å²) in [4.78, 5) is 4.37. The summed E-state index contributed by atoms with van der Waals surface area (Å²) >= 11 is 0. The van der Waals surface area contributed by atoms with Gasteiger partial charge in [0.1, 0.15) is 0 Å². The Kier molecular flexibility index (Phi) is 4.31. The second kappa shape index (κ2) is 6.36. The van der Waals surface area contributed by atoms with Gasteiger partial charge in [-0.05, 0) is 36.1 Å². The van der Waals surface area contributed by atoms with Gasteiger partial charge in [0.05, 0.1) is 0 Å². The fraction of sp³-hybridized carbons (Fsp3) is 0.500. The minimum Gasteiger partial charge on any atom is -0.310 e. The average molecular weight is 268 g/mol. The third-order valence-corrected chi connectivity index (χ3v) is 4.59. The zero-order valence-corrected chi connectivity index (χ0v) is 12.3. The Morgan fingerprint density at radius 3 is 2.95 bits per heavy atom. The van der Waals surface area contributed by atoms with Crippen LogP contribution in [0, 0.1) is 5.92 Å². The van der Waals surface area contributed by atoms with Gasteiger partial charge < -0.3 is 5.32 Å². The number of pyridine rings is 1. The molecule has 0 aliphatic heterocycles. The van der Waals surface area contributed by atoms with Gasteiger partial charge in [-0.25, -0.2) is 0 Å². The predicted molar refractivity (Wildman–Crippen MR) is 84.6 cm³/mol. The van der Waals surface area contributed by atoms with Gasteiger partial charge in [-0.3, -0.25) is 4.98 Å². The van der Waals surface area contributed by atoms with Crippen LogP contribution in [0.2, 0.25) is 0 Å². The van der Waals surface area contributed by atoms with Crippen molar-refractivity contribution in [3.63, 3.8) is 0 Å². The lowest BCUT2D eigenvalue weighted by Gasteiger charge is -2.17. The summed E-state index contributed by atoms with van der Waals surface area (Å²) in [7, 11) is 0. The van der Waals surface area contributed by atoms with Crippen molar-refractivity contribution in [1.82, 2.24) is 10.3 Å². The normalized spacial score (nSPS) is 23.6. The van der Waals surface area contributed by atoms with Crippen LogP contribution in [-0.4, -0.2) is 11.0 Å². The maximum absolute atomic E-state index is 4.37. The predicted octanol–water partition coefficient (Wildman–Crippen LogP) is 4.29. The summed E-state index contributed by atoms with van der Waals surface area (Å²) in [6.07, 6.45) is 10.7. The van der Waals surface area contributed by atoms with E-state index in [4.69, 9.17) is 0 Å². The van der Waals surface area contributed by atoms with E-state index in [1.165, 1.54) is 48.4 Å². The van der Waals surface area contributed by atoms with E-state index < -0.39 is 0 Å². The van der Waals surface area contributed by atoms with Crippen LogP contribution in [0.4, 0.5) is 0 Å². The van der Waals surface area contributed by atoms with Gasteiger partial charge in [-0.1, -0.05) is 44.0 Å². The Morgan fingerprint density at radius 1 is 1.10 bits per heavy atom. The second-order valence-corrected chi connectivity index (χ2v) is 6.21. The van der Waals surface area contributed by atoms with Crippen molar-refractivity contribution >= 4 is 10.8 Å². The Hall–Kier alpha value is -1.41. The molecule has 0 amide bonds. The smallest absolute Gasteiger partial charge is 0.0346 e. The summed E-state index contributed by atoms with van der Waals surface area (Å²) in [5.41, 5.74) is 1.32. The van der Waals surface area contributed by atoms with Crippen molar-refractivity contribution in [3.8, 4) is 0 Å². The Balaban J connectivity index is 1.67. The molecule has 1 heterocycles. The van der Waals surface area contributed by atoms with E-state index >= 15 is 0 Å². The van der Waals surface area contributed by atoms with Crippen LogP contribution in [0.3, 0.4) is 0 Å². The maximum atomic E-state index is 4.37. The summed E-state index contributed by atoms with van der Waals surface area (Å²) in [6.45, 7) is 3.32. The van der Waals surface area contributed by atoms with Crippen molar-refractivity contribution in [2.45, 2.75) is 51.6 Å². The van der Waals surface area contributed by atoms with E-state index in [1.807, 2.05) is 12.4 Å². The molecule has 2 nitrogen and oxygen atoms in total. The number of rotatable bonds is 3. The molecule has 2 aromatic rings. The van der Waals surface area contributed by atoms with Crippen LogP contribution < -0.4 is 5.32 Å². The molecule has 0 bridgehead atoms. The highest BCUT2D eigenvalue weighted by atomic mass is 14.9. The summed E-state index contributed by atoms with van der Waals surface area (Å²) < 4.78 is 0. The monoisotopic (exact) mass is 268 g/mol. The van der Waals surface area contributed by atoms with E-state index in [9.17, 15) is 0 Å². The van der Waals surface area contributed by atoms with E-state index in [1.54, 1.807) is 0 Å². The molecule has 3 rings (SSSR count). The number of aromatic nitrogens is 1. The van der Waals surface area contributed by atoms with E-state index in [0.717, 1.165) is 12.5 Å². The first-order chi connectivity index (χ1) is 9.83. The van der Waals surface area contributed by atoms with Crippen LogP contribution in [0.15, 0.2) is 36.7 Å². The molecule has 0 radical (unpaired) electrons. The molecule has 1 aliphatic rings. The lowest BCUT2D eigenvalue weighted by Crippen LogP contribution is -2.28. The first kappa shape index (κ1) is 13.6. The third kappa shape index (κ3) is 3.18. The van der Waals surface area contributed by atoms with Crippen LogP contribution in [0.5, 0.6) is 0 Å². The maximum Gasteiger partial charge on any atom is 0.0346 e. The minimum absolute atomic E-state index is 0.680. The van der Waals surface area contributed by atoms with Crippen LogP contribution in [-0.2, 0) is 6.54 Å². The first-order valence-electron chi connectivity index (χ1n) is 7.88. The molecule has 20 heavy (non-hydrogen) atoms. The molecule has 1 saturated carbocycles. The molecule has 2 atom stereocenters. The fourth-order valence-corrected chi connectivity index (χ4v) is 3.27. The number of fused-ring (bicyclic) bond motifs is 1. The quantitative estimate of drug-likeness (QED) is 0.840. The van der Waals surface area contributed by atoms with Crippen molar-refractivity contribution in [3.05, 3.63) is 42.2 Å². The topological polar surface area (TPSA) is 24.9 Å². The van der Waals surface area contributed by atoms with Crippen molar-refractivity contribution in [2.24, 2.45) is 5.92 Å². The molecule has 2 heteroatoms. The van der Waals surface area contributed by atoms with Crippen molar-refractivity contribution < 1.29 is 0 Å². The number of benzene rings is 1. The van der Waals surface area contributed by atoms with Crippen LogP contribution in [0.25, 0.3) is 10.8 Å².